The summed E-state index contributed by atoms with van der Waals surface area (Å²) >= 11 is 32.9. The molecule has 0 amide bonds. The molecular formula is C7H3Cl5S. The molecule has 0 aliphatic rings. The van der Waals surface area contributed by atoms with Crippen LogP contribution in [0.5, 0.6) is 0 Å². The Hall–Kier alpha value is 1.02. The van der Waals surface area contributed by atoms with Crippen molar-refractivity contribution in [2.75, 3.05) is 0 Å². The summed E-state index contributed by atoms with van der Waals surface area (Å²) in [6.45, 7) is 0. The number of rotatable bonds is 1. The van der Waals surface area contributed by atoms with Crippen LogP contribution in [0.3, 0.4) is 0 Å². The molecule has 0 aromatic heterocycles. The predicted octanol–water partition coefficient (Wildman–Crippen LogP) is 5.47. The molecule has 0 bridgehead atoms. The first-order valence-corrected chi connectivity index (χ1v) is 5.56. The zero-order valence-corrected chi connectivity index (χ0v) is 10.7. The van der Waals surface area contributed by atoms with E-state index in [1.54, 1.807) is 6.07 Å². The van der Waals surface area contributed by atoms with Gasteiger partial charge in [-0.3, -0.25) is 0 Å². The highest BCUT2D eigenvalue weighted by atomic mass is 35.5. The van der Waals surface area contributed by atoms with Crippen molar-refractivity contribution in [2.45, 2.75) is 4.71 Å². The van der Waals surface area contributed by atoms with E-state index in [1.165, 1.54) is 0 Å². The van der Waals surface area contributed by atoms with E-state index >= 15 is 0 Å². The van der Waals surface area contributed by atoms with Gasteiger partial charge in [-0.05, 0) is 6.07 Å². The van der Waals surface area contributed by atoms with E-state index in [1.807, 2.05) is 0 Å². The molecule has 0 aliphatic carbocycles. The number of benzene rings is 1. The van der Waals surface area contributed by atoms with Crippen molar-refractivity contribution in [2.24, 2.45) is 0 Å². The second kappa shape index (κ2) is 4.69. The Morgan fingerprint density at radius 1 is 1.00 bits per heavy atom. The molecule has 0 spiro atoms. The third-order valence-corrected chi connectivity index (χ3v) is 3.67. The maximum atomic E-state index is 5.86. The van der Waals surface area contributed by atoms with Crippen molar-refractivity contribution in [1.82, 2.24) is 0 Å². The molecule has 0 fully saturated rings. The van der Waals surface area contributed by atoms with Gasteiger partial charge in [0.05, 0.1) is 20.1 Å². The molecule has 0 aliphatic heterocycles. The van der Waals surface area contributed by atoms with Gasteiger partial charge in [-0.15, -0.1) is 11.6 Å². The molecule has 0 saturated heterocycles. The Labute approximate surface area is 106 Å². The smallest absolute Gasteiger partial charge is 0.103 e. The van der Waals surface area contributed by atoms with Crippen molar-refractivity contribution < 1.29 is 0 Å². The van der Waals surface area contributed by atoms with Gasteiger partial charge in [0.2, 0.25) is 0 Å². The Kier molecular flexibility index (Phi) is 4.37. The third kappa shape index (κ3) is 2.53. The third-order valence-electron chi connectivity index (χ3n) is 1.39. The molecule has 1 atom stereocenters. The van der Waals surface area contributed by atoms with E-state index in [-0.39, 0.29) is 15.1 Å². The Balaban J connectivity index is 3.41. The van der Waals surface area contributed by atoms with E-state index in [2.05, 4.69) is 12.6 Å². The van der Waals surface area contributed by atoms with Gasteiger partial charge in [-0.25, -0.2) is 0 Å². The van der Waals surface area contributed by atoms with Crippen LogP contribution in [-0.2, 0) is 0 Å². The SMILES string of the molecule is SC(Cl)c1cc(Cl)c(Cl)c(Cl)c1Cl. The van der Waals surface area contributed by atoms with Crippen molar-refractivity contribution in [3.05, 3.63) is 31.7 Å². The lowest BCUT2D eigenvalue weighted by atomic mass is 10.2. The van der Waals surface area contributed by atoms with Crippen LogP contribution in [0, 0.1) is 0 Å². The summed E-state index contributed by atoms with van der Waals surface area (Å²) in [6.07, 6.45) is 0. The number of alkyl halides is 1. The van der Waals surface area contributed by atoms with E-state index in [4.69, 9.17) is 58.0 Å². The van der Waals surface area contributed by atoms with E-state index in [0.29, 0.717) is 10.6 Å². The average Bonchev–Trinajstić information content (AvgIpc) is 2.07. The molecule has 0 heterocycles. The first-order chi connectivity index (χ1) is 5.95. The molecule has 0 N–H and O–H groups in total. The number of thiol groups is 1. The molecule has 1 rings (SSSR count). The maximum Gasteiger partial charge on any atom is 0.103 e. The average molecular weight is 296 g/mol. The molecule has 0 nitrogen and oxygen atoms in total. The van der Waals surface area contributed by atoms with Crippen molar-refractivity contribution in [3.8, 4) is 0 Å². The summed E-state index contributed by atoms with van der Waals surface area (Å²) in [5, 5.41) is 1.02. The highest BCUT2D eigenvalue weighted by Crippen LogP contribution is 2.42. The summed E-state index contributed by atoms with van der Waals surface area (Å²) in [5.41, 5.74) is 0.547. The van der Waals surface area contributed by atoms with Crippen LogP contribution < -0.4 is 0 Å². The first-order valence-electron chi connectivity index (χ1n) is 3.10. The molecular weight excluding hydrogens is 293 g/mol. The molecule has 6 heteroatoms. The monoisotopic (exact) mass is 294 g/mol. The normalized spacial score (nSPS) is 13.1. The van der Waals surface area contributed by atoms with Crippen LogP contribution in [0.1, 0.15) is 10.3 Å². The summed E-state index contributed by atoms with van der Waals surface area (Å²) in [4.78, 5) is 0. The van der Waals surface area contributed by atoms with Gasteiger partial charge in [0, 0.05) is 5.56 Å². The standard InChI is InChI=1S/C7H3Cl5S/c8-3-1-2(7(12)13)4(9)6(11)5(3)10/h1,7,13H. The van der Waals surface area contributed by atoms with Gasteiger partial charge in [-0.2, -0.15) is 12.6 Å². The second-order valence-corrected chi connectivity index (χ2v) is 5.02. The van der Waals surface area contributed by atoms with Crippen LogP contribution in [-0.4, -0.2) is 0 Å². The highest BCUT2D eigenvalue weighted by molar-refractivity contribution is 7.82. The first kappa shape index (κ1) is 12.1. The van der Waals surface area contributed by atoms with E-state index in [0.717, 1.165) is 0 Å². The second-order valence-electron chi connectivity index (χ2n) is 2.23. The topological polar surface area (TPSA) is 0 Å². The molecule has 13 heavy (non-hydrogen) atoms. The van der Waals surface area contributed by atoms with Crippen molar-refractivity contribution in [3.63, 3.8) is 0 Å². The molecule has 1 aromatic carbocycles. The van der Waals surface area contributed by atoms with Crippen LogP contribution >= 0.6 is 70.6 Å². The van der Waals surface area contributed by atoms with Gasteiger partial charge >= 0.3 is 0 Å². The Morgan fingerprint density at radius 3 is 2.00 bits per heavy atom. The molecule has 0 radical (unpaired) electrons. The summed E-state index contributed by atoms with van der Waals surface area (Å²) in [5.74, 6) is 0. The van der Waals surface area contributed by atoms with Crippen LogP contribution in [0.2, 0.25) is 20.1 Å². The molecule has 1 unspecified atom stereocenters. The fraction of sp³-hybridized carbons (Fsp3) is 0.143. The van der Waals surface area contributed by atoms with Crippen LogP contribution in [0.25, 0.3) is 0 Å². The molecule has 72 valence electrons. The van der Waals surface area contributed by atoms with Crippen molar-refractivity contribution >= 4 is 70.6 Å². The fourth-order valence-electron chi connectivity index (χ4n) is 0.765. The van der Waals surface area contributed by atoms with Crippen molar-refractivity contribution in [1.29, 1.82) is 0 Å². The fourth-order valence-corrected chi connectivity index (χ4v) is 2.20. The lowest BCUT2D eigenvalue weighted by Crippen LogP contribution is -1.86. The number of hydrogen-bond acceptors (Lipinski definition) is 1. The minimum atomic E-state index is -0.556. The highest BCUT2D eigenvalue weighted by Gasteiger charge is 2.16. The summed E-state index contributed by atoms with van der Waals surface area (Å²) in [7, 11) is 0. The zero-order valence-electron chi connectivity index (χ0n) is 5.99. The summed E-state index contributed by atoms with van der Waals surface area (Å²) < 4.78 is -0.556. The van der Waals surface area contributed by atoms with Gasteiger partial charge in [0.25, 0.3) is 0 Å². The van der Waals surface area contributed by atoms with Gasteiger partial charge < -0.3 is 0 Å². The van der Waals surface area contributed by atoms with Gasteiger partial charge in [0.1, 0.15) is 4.71 Å². The minimum Gasteiger partial charge on any atom is -0.155 e. The lowest BCUT2D eigenvalue weighted by Gasteiger charge is -2.09. The van der Waals surface area contributed by atoms with E-state index in [9.17, 15) is 0 Å². The Bertz CT molecular complexity index is 336. The summed E-state index contributed by atoms with van der Waals surface area (Å²) in [6, 6.07) is 1.54. The quantitative estimate of drug-likeness (QED) is 0.302. The maximum absolute atomic E-state index is 5.86. The predicted molar refractivity (Wildman–Crippen MR) is 64.1 cm³/mol. The van der Waals surface area contributed by atoms with Gasteiger partial charge in [-0.1, -0.05) is 46.4 Å². The lowest BCUT2D eigenvalue weighted by molar-refractivity contribution is 1.38. The number of halogens is 5. The molecule has 0 saturated carbocycles. The minimum absolute atomic E-state index is 0.200. The largest absolute Gasteiger partial charge is 0.155 e. The van der Waals surface area contributed by atoms with Crippen LogP contribution in [0.4, 0.5) is 0 Å². The van der Waals surface area contributed by atoms with E-state index < -0.39 is 4.71 Å². The number of hydrogen-bond donors (Lipinski definition) is 1. The molecule has 1 aromatic rings. The van der Waals surface area contributed by atoms with Gasteiger partial charge in [0.15, 0.2) is 0 Å². The van der Waals surface area contributed by atoms with Crippen LogP contribution in [0.15, 0.2) is 6.07 Å². The Morgan fingerprint density at radius 2 is 1.54 bits per heavy atom. The zero-order chi connectivity index (χ0) is 10.2.